The van der Waals surface area contributed by atoms with Crippen molar-refractivity contribution in [3.63, 3.8) is 0 Å². The molecule has 1 aliphatic carbocycles. The molecule has 0 aromatic heterocycles. The number of carbonyl (C=O) groups is 2. The Morgan fingerprint density at radius 2 is 1.61 bits per heavy atom. The van der Waals surface area contributed by atoms with E-state index in [1.807, 2.05) is 35.2 Å². The molecule has 2 amide bonds. The van der Waals surface area contributed by atoms with Crippen molar-refractivity contribution in [3.8, 4) is 0 Å². The van der Waals surface area contributed by atoms with Gasteiger partial charge in [-0.2, -0.15) is 0 Å². The summed E-state index contributed by atoms with van der Waals surface area (Å²) >= 11 is 0. The number of carbonyl (C=O) groups excluding carboxylic acids is 2. The Labute approximate surface area is 166 Å². The van der Waals surface area contributed by atoms with Crippen LogP contribution in [0.25, 0.3) is 0 Å². The second kappa shape index (κ2) is 7.30. The first-order valence-electron chi connectivity index (χ1n) is 9.95. The number of nitrogens with zero attached hydrogens (tertiary/aromatic N) is 3. The normalized spacial score (nSPS) is 17.9. The lowest BCUT2D eigenvalue weighted by molar-refractivity contribution is -0.143. The minimum absolute atomic E-state index is 0.00386. The van der Waals surface area contributed by atoms with Crippen LogP contribution in [-0.4, -0.2) is 49.9 Å². The van der Waals surface area contributed by atoms with Gasteiger partial charge in [-0.3, -0.25) is 9.59 Å². The maximum Gasteiger partial charge on any atom is 0.242 e. The second-order valence-corrected chi connectivity index (χ2v) is 7.90. The molecule has 0 spiro atoms. The summed E-state index contributed by atoms with van der Waals surface area (Å²) in [6.07, 6.45) is 1.31. The molecule has 2 fully saturated rings. The van der Waals surface area contributed by atoms with Crippen molar-refractivity contribution < 1.29 is 9.59 Å². The van der Waals surface area contributed by atoms with Crippen LogP contribution in [-0.2, 0) is 9.59 Å². The standard InChI is InChI=1S/C23H27N3O2/c1-18-7-6-10-20(17-18)25-13-15-26(16-14-25)22(28)23(11-12-23)21(27)24(2)19-8-4-3-5-9-19/h3-10,17H,11-16H2,1-2H3. The molecule has 0 atom stereocenters. The number of rotatable bonds is 4. The van der Waals surface area contributed by atoms with Gasteiger partial charge in [-0.25, -0.2) is 0 Å². The third-order valence-corrected chi connectivity index (χ3v) is 5.95. The molecule has 0 bridgehead atoms. The number of hydrogen-bond donors (Lipinski definition) is 0. The van der Waals surface area contributed by atoms with Gasteiger partial charge < -0.3 is 14.7 Å². The molecule has 28 heavy (non-hydrogen) atoms. The average molecular weight is 377 g/mol. The molecule has 0 N–H and O–H groups in total. The van der Waals surface area contributed by atoms with Gasteiger partial charge in [0.25, 0.3) is 0 Å². The number of para-hydroxylation sites is 1. The van der Waals surface area contributed by atoms with Gasteiger partial charge in [0.05, 0.1) is 0 Å². The Kier molecular flexibility index (Phi) is 4.84. The number of anilines is 2. The molecule has 1 aliphatic heterocycles. The fourth-order valence-electron chi connectivity index (χ4n) is 4.03. The van der Waals surface area contributed by atoms with Crippen LogP contribution in [0.4, 0.5) is 11.4 Å². The Morgan fingerprint density at radius 1 is 0.929 bits per heavy atom. The van der Waals surface area contributed by atoms with Crippen LogP contribution in [0.5, 0.6) is 0 Å². The van der Waals surface area contributed by atoms with Gasteiger partial charge in [0.15, 0.2) is 0 Å². The van der Waals surface area contributed by atoms with E-state index in [0.29, 0.717) is 25.9 Å². The van der Waals surface area contributed by atoms with E-state index in [4.69, 9.17) is 0 Å². The smallest absolute Gasteiger partial charge is 0.242 e. The second-order valence-electron chi connectivity index (χ2n) is 7.90. The highest BCUT2D eigenvalue weighted by atomic mass is 16.2. The maximum absolute atomic E-state index is 13.2. The molecule has 2 aromatic rings. The largest absolute Gasteiger partial charge is 0.368 e. The predicted molar refractivity (Wildman–Crippen MR) is 111 cm³/mol. The minimum atomic E-state index is -0.851. The Balaban J connectivity index is 1.41. The van der Waals surface area contributed by atoms with Crippen molar-refractivity contribution >= 4 is 23.2 Å². The van der Waals surface area contributed by atoms with Crippen molar-refractivity contribution in [2.75, 3.05) is 43.0 Å². The summed E-state index contributed by atoms with van der Waals surface area (Å²) in [5.41, 5.74) is 2.42. The quantitative estimate of drug-likeness (QED) is 0.769. The van der Waals surface area contributed by atoms with E-state index in [1.165, 1.54) is 11.3 Å². The molecule has 2 aliphatic rings. The van der Waals surface area contributed by atoms with E-state index in [1.54, 1.807) is 11.9 Å². The van der Waals surface area contributed by atoms with Gasteiger partial charge in [0.1, 0.15) is 5.41 Å². The van der Waals surface area contributed by atoms with Crippen LogP contribution in [0.2, 0.25) is 0 Å². The van der Waals surface area contributed by atoms with E-state index in [2.05, 4.69) is 36.1 Å². The summed E-state index contributed by atoms with van der Waals surface area (Å²) in [5.74, 6) is -0.0750. The monoisotopic (exact) mass is 377 g/mol. The summed E-state index contributed by atoms with van der Waals surface area (Å²) in [6, 6.07) is 18.0. The number of benzene rings is 2. The van der Waals surface area contributed by atoms with Gasteiger partial charge in [-0.15, -0.1) is 0 Å². The third-order valence-electron chi connectivity index (χ3n) is 5.95. The first-order chi connectivity index (χ1) is 13.5. The first kappa shape index (κ1) is 18.5. The first-order valence-corrected chi connectivity index (χ1v) is 9.95. The van der Waals surface area contributed by atoms with E-state index < -0.39 is 5.41 Å². The number of hydrogen-bond acceptors (Lipinski definition) is 3. The molecule has 2 aromatic carbocycles. The van der Waals surface area contributed by atoms with Crippen LogP contribution in [0.15, 0.2) is 54.6 Å². The summed E-state index contributed by atoms with van der Waals surface area (Å²) in [7, 11) is 1.76. The zero-order valence-electron chi connectivity index (χ0n) is 16.6. The van der Waals surface area contributed by atoms with Crippen LogP contribution in [0.1, 0.15) is 18.4 Å². The van der Waals surface area contributed by atoms with E-state index in [-0.39, 0.29) is 11.8 Å². The molecule has 5 nitrogen and oxygen atoms in total. The average Bonchev–Trinajstić information content (AvgIpc) is 3.55. The lowest BCUT2D eigenvalue weighted by Gasteiger charge is -2.38. The van der Waals surface area contributed by atoms with Gasteiger partial charge >= 0.3 is 0 Å². The highest BCUT2D eigenvalue weighted by Crippen LogP contribution is 2.49. The molecule has 4 rings (SSSR count). The molecule has 146 valence electrons. The maximum atomic E-state index is 13.2. The highest BCUT2D eigenvalue weighted by molar-refractivity contribution is 6.13. The lowest BCUT2D eigenvalue weighted by atomic mass is 10.0. The van der Waals surface area contributed by atoms with Crippen molar-refractivity contribution in [2.24, 2.45) is 5.41 Å². The van der Waals surface area contributed by atoms with E-state index in [9.17, 15) is 9.59 Å². The predicted octanol–water partition coefficient (Wildman–Crippen LogP) is 3.09. The zero-order chi connectivity index (χ0) is 19.7. The van der Waals surface area contributed by atoms with Crippen molar-refractivity contribution in [1.29, 1.82) is 0 Å². The number of amides is 2. The van der Waals surface area contributed by atoms with Crippen LogP contribution in [0, 0.1) is 12.3 Å². The Hall–Kier alpha value is -2.82. The summed E-state index contributed by atoms with van der Waals surface area (Å²) in [5, 5.41) is 0. The van der Waals surface area contributed by atoms with Crippen LogP contribution in [0.3, 0.4) is 0 Å². The summed E-state index contributed by atoms with van der Waals surface area (Å²) in [6.45, 7) is 5.02. The number of piperazine rings is 1. The summed E-state index contributed by atoms with van der Waals surface area (Å²) in [4.78, 5) is 32.2. The fourth-order valence-corrected chi connectivity index (χ4v) is 4.03. The zero-order valence-corrected chi connectivity index (χ0v) is 16.6. The van der Waals surface area contributed by atoms with Crippen molar-refractivity contribution in [3.05, 3.63) is 60.2 Å². The fraction of sp³-hybridized carbons (Fsp3) is 0.391. The molecule has 1 saturated carbocycles. The van der Waals surface area contributed by atoms with Crippen molar-refractivity contribution in [1.82, 2.24) is 4.90 Å². The molecule has 0 radical (unpaired) electrons. The highest BCUT2D eigenvalue weighted by Gasteiger charge is 2.59. The molecule has 1 heterocycles. The minimum Gasteiger partial charge on any atom is -0.368 e. The Morgan fingerprint density at radius 3 is 2.21 bits per heavy atom. The molecule has 1 saturated heterocycles. The topological polar surface area (TPSA) is 43.9 Å². The SMILES string of the molecule is Cc1cccc(N2CCN(C(=O)C3(C(=O)N(C)c4ccccc4)CC3)CC2)c1. The third kappa shape index (κ3) is 3.37. The molecular weight excluding hydrogens is 350 g/mol. The lowest BCUT2D eigenvalue weighted by Crippen LogP contribution is -2.53. The number of aryl methyl sites for hydroxylation is 1. The van der Waals surface area contributed by atoms with Gasteiger partial charge in [0, 0.05) is 44.6 Å². The van der Waals surface area contributed by atoms with Gasteiger partial charge in [0.2, 0.25) is 11.8 Å². The van der Waals surface area contributed by atoms with Gasteiger partial charge in [-0.05, 0) is 49.6 Å². The van der Waals surface area contributed by atoms with Crippen molar-refractivity contribution in [2.45, 2.75) is 19.8 Å². The van der Waals surface area contributed by atoms with Gasteiger partial charge in [-0.1, -0.05) is 30.3 Å². The Bertz CT molecular complexity index is 868. The van der Waals surface area contributed by atoms with E-state index in [0.717, 1.165) is 18.8 Å². The molecule has 0 unspecified atom stereocenters. The molecule has 5 heteroatoms. The molecular formula is C23H27N3O2. The van der Waals surface area contributed by atoms with Crippen LogP contribution >= 0.6 is 0 Å². The van der Waals surface area contributed by atoms with Crippen LogP contribution < -0.4 is 9.80 Å². The van der Waals surface area contributed by atoms with E-state index >= 15 is 0 Å². The summed E-state index contributed by atoms with van der Waals surface area (Å²) < 4.78 is 0.